The molecule has 110 valence electrons. The Kier molecular flexibility index (Phi) is 3.80. The predicted octanol–water partition coefficient (Wildman–Crippen LogP) is 2.37. The molecule has 1 atom stereocenters. The first-order valence-corrected chi connectivity index (χ1v) is 7.37. The molecule has 0 spiro atoms. The molecule has 21 heavy (non-hydrogen) atoms. The molecule has 0 bridgehead atoms. The van der Waals surface area contributed by atoms with Gasteiger partial charge in [-0.2, -0.15) is 0 Å². The number of carbonyl (C=O) groups excluding carboxylic acids is 1. The van der Waals surface area contributed by atoms with E-state index in [4.69, 9.17) is 0 Å². The van der Waals surface area contributed by atoms with E-state index in [1.165, 1.54) is 0 Å². The van der Waals surface area contributed by atoms with E-state index in [9.17, 15) is 9.90 Å². The maximum absolute atomic E-state index is 12.6. The molecule has 0 saturated carbocycles. The number of fused-ring (bicyclic) bond motifs is 1. The number of aromatic hydroxyl groups is 1. The summed E-state index contributed by atoms with van der Waals surface area (Å²) in [4.78, 5) is 14.4. The molecule has 1 saturated heterocycles. The third-order valence-corrected chi connectivity index (χ3v) is 4.27. The zero-order valence-electron chi connectivity index (χ0n) is 12.2. The minimum absolute atomic E-state index is 0.0775. The van der Waals surface area contributed by atoms with Crippen LogP contribution >= 0.6 is 0 Å². The summed E-state index contributed by atoms with van der Waals surface area (Å²) in [6.07, 6.45) is 2.08. The van der Waals surface area contributed by atoms with E-state index in [0.717, 1.165) is 36.7 Å². The minimum atomic E-state index is -0.119. The van der Waals surface area contributed by atoms with Crippen LogP contribution in [0.5, 0.6) is 5.75 Å². The zero-order valence-corrected chi connectivity index (χ0v) is 12.2. The average molecular weight is 284 g/mol. The summed E-state index contributed by atoms with van der Waals surface area (Å²) in [5, 5.41) is 15.4. The van der Waals surface area contributed by atoms with Gasteiger partial charge in [0.2, 0.25) is 0 Å². The molecule has 0 aromatic heterocycles. The molecule has 4 nitrogen and oxygen atoms in total. The van der Waals surface area contributed by atoms with Crippen LogP contribution in [0.2, 0.25) is 0 Å². The molecule has 0 radical (unpaired) electrons. The van der Waals surface area contributed by atoms with Crippen molar-refractivity contribution in [3.8, 4) is 5.75 Å². The van der Waals surface area contributed by atoms with Crippen LogP contribution in [0.3, 0.4) is 0 Å². The van der Waals surface area contributed by atoms with Crippen molar-refractivity contribution in [3.63, 3.8) is 0 Å². The predicted molar refractivity (Wildman–Crippen MR) is 83.6 cm³/mol. The minimum Gasteiger partial charge on any atom is -0.506 e. The van der Waals surface area contributed by atoms with Gasteiger partial charge in [-0.15, -0.1) is 0 Å². The van der Waals surface area contributed by atoms with Crippen molar-refractivity contribution < 1.29 is 9.90 Å². The fourth-order valence-corrected chi connectivity index (χ4v) is 2.95. The van der Waals surface area contributed by atoms with Crippen LogP contribution in [-0.4, -0.2) is 42.1 Å². The van der Waals surface area contributed by atoms with Crippen molar-refractivity contribution in [2.24, 2.45) is 0 Å². The van der Waals surface area contributed by atoms with E-state index in [1.54, 1.807) is 11.0 Å². The van der Waals surface area contributed by atoms with Crippen LogP contribution in [0.1, 0.15) is 23.2 Å². The Morgan fingerprint density at radius 2 is 2.10 bits per heavy atom. The number of likely N-dealkylation sites (N-methyl/N-ethyl adjacent to an activating group) is 1. The number of phenols is 1. The standard InChI is InChI=1S/C17H20N2O2/c1-19(13-6-4-10-18-11-13)17(21)15-9-8-12-5-2-3-7-14(12)16(15)20/h2-3,5,7-9,13,18,20H,4,6,10-11H2,1H3. The molecule has 2 aromatic rings. The topological polar surface area (TPSA) is 52.6 Å². The van der Waals surface area contributed by atoms with Crippen molar-refractivity contribution in [3.05, 3.63) is 42.0 Å². The fourth-order valence-electron chi connectivity index (χ4n) is 2.95. The second kappa shape index (κ2) is 5.74. The smallest absolute Gasteiger partial charge is 0.257 e. The number of rotatable bonds is 2. The van der Waals surface area contributed by atoms with E-state index >= 15 is 0 Å². The van der Waals surface area contributed by atoms with Gasteiger partial charge in [-0.3, -0.25) is 4.79 Å². The number of hydrogen-bond acceptors (Lipinski definition) is 3. The zero-order chi connectivity index (χ0) is 14.8. The summed E-state index contributed by atoms with van der Waals surface area (Å²) in [6.45, 7) is 1.83. The second-order valence-corrected chi connectivity index (χ2v) is 5.60. The third-order valence-electron chi connectivity index (χ3n) is 4.27. The van der Waals surface area contributed by atoms with E-state index in [0.29, 0.717) is 5.56 Å². The molecule has 4 heteroatoms. The van der Waals surface area contributed by atoms with Crippen molar-refractivity contribution in [1.29, 1.82) is 0 Å². The van der Waals surface area contributed by atoms with Gasteiger partial charge >= 0.3 is 0 Å². The normalized spacial score (nSPS) is 18.6. The molecular formula is C17H20N2O2. The van der Waals surface area contributed by atoms with Gasteiger partial charge in [0.1, 0.15) is 5.75 Å². The maximum Gasteiger partial charge on any atom is 0.257 e. The Balaban J connectivity index is 1.92. The summed E-state index contributed by atoms with van der Waals surface area (Å²) in [6, 6.07) is 11.3. The van der Waals surface area contributed by atoms with E-state index in [2.05, 4.69) is 5.32 Å². The van der Waals surface area contributed by atoms with Crippen LogP contribution in [-0.2, 0) is 0 Å². The monoisotopic (exact) mass is 284 g/mol. The Morgan fingerprint density at radius 3 is 2.86 bits per heavy atom. The molecule has 1 amide bonds. The van der Waals surface area contributed by atoms with Crippen molar-refractivity contribution in [2.75, 3.05) is 20.1 Å². The molecule has 1 heterocycles. The van der Waals surface area contributed by atoms with Gasteiger partial charge in [-0.1, -0.05) is 30.3 Å². The van der Waals surface area contributed by atoms with Crippen molar-refractivity contribution in [2.45, 2.75) is 18.9 Å². The van der Waals surface area contributed by atoms with Crippen LogP contribution in [0.25, 0.3) is 10.8 Å². The summed E-state index contributed by atoms with van der Waals surface area (Å²) >= 11 is 0. The highest BCUT2D eigenvalue weighted by Gasteiger charge is 2.25. The molecule has 1 aliphatic rings. The van der Waals surface area contributed by atoms with Gasteiger partial charge in [-0.25, -0.2) is 0 Å². The SMILES string of the molecule is CN(C(=O)c1ccc2ccccc2c1O)C1CCCNC1. The first-order chi connectivity index (χ1) is 10.2. The average Bonchev–Trinajstić information content (AvgIpc) is 2.55. The molecule has 3 rings (SSSR count). The van der Waals surface area contributed by atoms with Gasteiger partial charge in [0.05, 0.1) is 5.56 Å². The number of carbonyl (C=O) groups is 1. The van der Waals surface area contributed by atoms with E-state index in [-0.39, 0.29) is 17.7 Å². The molecule has 1 fully saturated rings. The van der Waals surface area contributed by atoms with E-state index < -0.39 is 0 Å². The summed E-state index contributed by atoms with van der Waals surface area (Å²) in [5.41, 5.74) is 0.377. The van der Waals surface area contributed by atoms with Gasteiger partial charge in [0.15, 0.2) is 0 Å². The summed E-state index contributed by atoms with van der Waals surface area (Å²) in [5.74, 6) is -0.0410. The quantitative estimate of drug-likeness (QED) is 0.890. The lowest BCUT2D eigenvalue weighted by Crippen LogP contribution is -2.46. The first-order valence-electron chi connectivity index (χ1n) is 7.37. The largest absolute Gasteiger partial charge is 0.506 e. The molecule has 1 aliphatic heterocycles. The van der Waals surface area contributed by atoms with Crippen LogP contribution < -0.4 is 5.32 Å². The molecule has 0 aliphatic carbocycles. The lowest BCUT2D eigenvalue weighted by atomic mass is 10.0. The van der Waals surface area contributed by atoms with Gasteiger partial charge in [0.25, 0.3) is 5.91 Å². The summed E-state index contributed by atoms with van der Waals surface area (Å²) < 4.78 is 0. The third kappa shape index (κ3) is 2.59. The molecule has 2 N–H and O–H groups in total. The van der Waals surface area contributed by atoms with Crippen LogP contribution in [0.4, 0.5) is 0 Å². The molecule has 1 unspecified atom stereocenters. The van der Waals surface area contributed by atoms with Crippen LogP contribution in [0, 0.1) is 0 Å². The molecule has 2 aromatic carbocycles. The van der Waals surface area contributed by atoms with Crippen molar-refractivity contribution in [1.82, 2.24) is 10.2 Å². The highest BCUT2D eigenvalue weighted by atomic mass is 16.3. The van der Waals surface area contributed by atoms with Crippen LogP contribution in [0.15, 0.2) is 36.4 Å². The number of phenolic OH excluding ortho intramolecular Hbond substituents is 1. The second-order valence-electron chi connectivity index (χ2n) is 5.60. The number of nitrogens with one attached hydrogen (secondary N) is 1. The number of hydrogen-bond donors (Lipinski definition) is 2. The Bertz CT molecular complexity index is 663. The molecular weight excluding hydrogens is 264 g/mol. The lowest BCUT2D eigenvalue weighted by molar-refractivity contribution is 0.0705. The Morgan fingerprint density at radius 1 is 1.29 bits per heavy atom. The van der Waals surface area contributed by atoms with Gasteiger partial charge < -0.3 is 15.3 Å². The summed E-state index contributed by atoms with van der Waals surface area (Å²) in [7, 11) is 1.81. The Labute approximate surface area is 124 Å². The number of nitrogens with zero attached hydrogens (tertiary/aromatic N) is 1. The number of benzene rings is 2. The van der Waals surface area contributed by atoms with Crippen molar-refractivity contribution >= 4 is 16.7 Å². The highest BCUT2D eigenvalue weighted by molar-refractivity contribution is 6.03. The van der Waals surface area contributed by atoms with Gasteiger partial charge in [-0.05, 0) is 30.8 Å². The van der Waals surface area contributed by atoms with Gasteiger partial charge in [0, 0.05) is 25.0 Å². The highest BCUT2D eigenvalue weighted by Crippen LogP contribution is 2.29. The Hall–Kier alpha value is -2.07. The lowest BCUT2D eigenvalue weighted by Gasteiger charge is -2.32. The fraction of sp³-hybridized carbons (Fsp3) is 0.353. The first kappa shape index (κ1) is 13.9. The maximum atomic E-state index is 12.6. The number of piperidine rings is 1. The number of amides is 1. The van der Waals surface area contributed by atoms with E-state index in [1.807, 2.05) is 37.4 Å².